The Morgan fingerprint density at radius 3 is 2.35 bits per heavy atom. The van der Waals surface area contributed by atoms with Gasteiger partial charge >= 0.3 is 6.61 Å². The molecule has 0 saturated carbocycles. The molecule has 0 bridgehead atoms. The number of carbonyl (C=O) groups is 1. The molecule has 0 unspecified atom stereocenters. The number of oxime groups is 1. The van der Waals surface area contributed by atoms with E-state index in [2.05, 4.69) is 29.1 Å². The molecular formula is C19H20F2N2O3. The molecule has 5 nitrogen and oxygen atoms in total. The van der Waals surface area contributed by atoms with E-state index in [0.29, 0.717) is 17.2 Å². The lowest BCUT2D eigenvalue weighted by Crippen LogP contribution is -2.16. The van der Waals surface area contributed by atoms with Crippen molar-refractivity contribution in [3.05, 3.63) is 59.7 Å². The van der Waals surface area contributed by atoms with Gasteiger partial charge in [-0.25, -0.2) is 0 Å². The van der Waals surface area contributed by atoms with Gasteiger partial charge in [0, 0.05) is 5.69 Å². The van der Waals surface area contributed by atoms with Gasteiger partial charge in [0.15, 0.2) is 6.61 Å². The Hall–Kier alpha value is -2.96. The minimum atomic E-state index is -2.86. The summed E-state index contributed by atoms with van der Waals surface area (Å²) in [5, 5.41) is 6.38. The molecule has 0 aliphatic heterocycles. The highest BCUT2D eigenvalue weighted by Crippen LogP contribution is 2.17. The van der Waals surface area contributed by atoms with Crippen LogP contribution in [0.25, 0.3) is 0 Å². The fourth-order valence-electron chi connectivity index (χ4n) is 2.08. The van der Waals surface area contributed by atoms with Crippen LogP contribution in [0.5, 0.6) is 5.75 Å². The number of hydrogen-bond donors (Lipinski definition) is 1. The molecule has 0 aromatic heterocycles. The fourth-order valence-corrected chi connectivity index (χ4v) is 2.08. The average molecular weight is 362 g/mol. The molecule has 2 rings (SSSR count). The van der Waals surface area contributed by atoms with Crippen LogP contribution in [-0.4, -0.2) is 25.3 Å². The van der Waals surface area contributed by atoms with Gasteiger partial charge in [-0.1, -0.05) is 31.1 Å². The van der Waals surface area contributed by atoms with E-state index in [1.807, 2.05) is 24.3 Å². The van der Waals surface area contributed by atoms with Gasteiger partial charge in [-0.05, 0) is 53.4 Å². The number of nitrogens with one attached hydrogen (secondary N) is 1. The topological polar surface area (TPSA) is 59.9 Å². The monoisotopic (exact) mass is 362 g/mol. The van der Waals surface area contributed by atoms with Crippen LogP contribution in [0, 0.1) is 0 Å². The van der Waals surface area contributed by atoms with Crippen LogP contribution in [0.4, 0.5) is 14.5 Å². The minimum absolute atomic E-state index is 0.0564. The van der Waals surface area contributed by atoms with Gasteiger partial charge in [0.1, 0.15) is 5.75 Å². The number of halogens is 2. The van der Waals surface area contributed by atoms with Crippen molar-refractivity contribution in [3.8, 4) is 5.75 Å². The Bertz CT molecular complexity index is 729. The number of benzene rings is 2. The van der Waals surface area contributed by atoms with Crippen molar-refractivity contribution < 1.29 is 23.1 Å². The first-order valence-electron chi connectivity index (χ1n) is 8.04. The van der Waals surface area contributed by atoms with E-state index >= 15 is 0 Å². The predicted molar refractivity (Wildman–Crippen MR) is 95.8 cm³/mol. The molecule has 7 heteroatoms. The van der Waals surface area contributed by atoms with E-state index in [0.717, 1.165) is 0 Å². The quantitative estimate of drug-likeness (QED) is 0.559. The third-order valence-corrected chi connectivity index (χ3v) is 3.44. The van der Waals surface area contributed by atoms with Gasteiger partial charge in [0.05, 0.1) is 6.21 Å². The van der Waals surface area contributed by atoms with E-state index in [-0.39, 0.29) is 18.3 Å². The van der Waals surface area contributed by atoms with Crippen molar-refractivity contribution >= 4 is 17.8 Å². The number of nitrogens with zero attached hydrogens (tertiary/aromatic N) is 1. The summed E-state index contributed by atoms with van der Waals surface area (Å²) in [6, 6.07) is 13.4. The highest BCUT2D eigenvalue weighted by atomic mass is 19.3. The van der Waals surface area contributed by atoms with Crippen LogP contribution in [0.15, 0.2) is 53.7 Å². The van der Waals surface area contributed by atoms with Crippen LogP contribution >= 0.6 is 0 Å². The molecule has 26 heavy (non-hydrogen) atoms. The molecule has 1 amide bonds. The van der Waals surface area contributed by atoms with Crippen molar-refractivity contribution in [2.45, 2.75) is 26.4 Å². The maximum absolute atomic E-state index is 12.0. The molecule has 0 spiro atoms. The molecule has 0 saturated heterocycles. The summed E-state index contributed by atoms with van der Waals surface area (Å²) in [6.07, 6.45) is 1.37. The first-order valence-corrected chi connectivity index (χ1v) is 8.04. The number of ether oxygens (including phenoxy) is 1. The molecule has 0 atom stereocenters. The summed E-state index contributed by atoms with van der Waals surface area (Å²) in [7, 11) is 0. The van der Waals surface area contributed by atoms with Crippen LogP contribution in [0.2, 0.25) is 0 Å². The number of amides is 1. The second-order valence-electron chi connectivity index (χ2n) is 5.78. The van der Waals surface area contributed by atoms with Gasteiger partial charge in [-0.3, -0.25) is 4.79 Å². The van der Waals surface area contributed by atoms with Crippen molar-refractivity contribution in [2.24, 2.45) is 5.16 Å². The summed E-state index contributed by atoms with van der Waals surface area (Å²) in [5.41, 5.74) is 2.49. The third kappa shape index (κ3) is 6.51. The Labute approximate surface area is 150 Å². The molecule has 2 aromatic rings. The number of hydrogen-bond acceptors (Lipinski definition) is 4. The molecular weight excluding hydrogens is 342 g/mol. The van der Waals surface area contributed by atoms with Gasteiger partial charge in [-0.2, -0.15) is 8.78 Å². The van der Waals surface area contributed by atoms with Crippen molar-refractivity contribution in [1.29, 1.82) is 0 Å². The maximum atomic E-state index is 12.0. The zero-order chi connectivity index (χ0) is 18.9. The van der Waals surface area contributed by atoms with Gasteiger partial charge in [-0.15, -0.1) is 0 Å². The Balaban J connectivity index is 1.76. The molecule has 0 heterocycles. The van der Waals surface area contributed by atoms with Gasteiger partial charge in [0.25, 0.3) is 5.91 Å². The minimum Gasteiger partial charge on any atom is -0.435 e. The normalized spacial score (nSPS) is 11.2. The van der Waals surface area contributed by atoms with Gasteiger partial charge < -0.3 is 14.9 Å². The average Bonchev–Trinajstić information content (AvgIpc) is 2.60. The molecule has 0 fully saturated rings. The second-order valence-corrected chi connectivity index (χ2v) is 5.78. The van der Waals surface area contributed by atoms with E-state index in [4.69, 9.17) is 4.84 Å². The Morgan fingerprint density at radius 1 is 1.12 bits per heavy atom. The molecule has 0 aliphatic carbocycles. The first-order chi connectivity index (χ1) is 12.4. The smallest absolute Gasteiger partial charge is 0.387 e. The lowest BCUT2D eigenvalue weighted by molar-refractivity contribution is -0.120. The Kier molecular flexibility index (Phi) is 7.08. The lowest BCUT2D eigenvalue weighted by Gasteiger charge is -2.08. The summed E-state index contributed by atoms with van der Waals surface area (Å²) >= 11 is 0. The predicted octanol–water partition coefficient (Wildman–Crippen LogP) is 4.40. The standard InChI is InChI=1S/C19H20F2N2O3/c1-13(2)15-5-7-16(8-6-15)23-18(24)12-25-22-11-14-3-9-17(10-4-14)26-19(20)21/h3-11,13,19H,12H2,1-2H3,(H,23,24)/b22-11+. The summed E-state index contributed by atoms with van der Waals surface area (Å²) < 4.78 is 28.3. The molecule has 2 aromatic carbocycles. The van der Waals surface area contributed by atoms with Crippen LogP contribution < -0.4 is 10.1 Å². The number of carbonyl (C=O) groups excluding carboxylic acids is 1. The van der Waals surface area contributed by atoms with E-state index in [9.17, 15) is 13.6 Å². The van der Waals surface area contributed by atoms with Crippen molar-refractivity contribution in [3.63, 3.8) is 0 Å². The first kappa shape index (κ1) is 19.4. The summed E-state index contributed by atoms with van der Waals surface area (Å²) in [6.45, 7) is 1.09. The van der Waals surface area contributed by atoms with Crippen molar-refractivity contribution in [2.75, 3.05) is 11.9 Å². The molecule has 0 aliphatic rings. The third-order valence-electron chi connectivity index (χ3n) is 3.44. The van der Waals surface area contributed by atoms with Crippen LogP contribution in [-0.2, 0) is 9.63 Å². The van der Waals surface area contributed by atoms with Crippen molar-refractivity contribution in [1.82, 2.24) is 0 Å². The molecule has 1 N–H and O–H groups in total. The lowest BCUT2D eigenvalue weighted by atomic mass is 10.0. The van der Waals surface area contributed by atoms with Crippen LogP contribution in [0.3, 0.4) is 0 Å². The largest absolute Gasteiger partial charge is 0.435 e. The van der Waals surface area contributed by atoms with E-state index in [1.54, 1.807) is 12.1 Å². The maximum Gasteiger partial charge on any atom is 0.387 e. The molecule has 0 radical (unpaired) electrons. The number of rotatable bonds is 8. The zero-order valence-corrected chi connectivity index (χ0v) is 14.5. The zero-order valence-electron chi connectivity index (χ0n) is 14.5. The number of alkyl halides is 2. The summed E-state index contributed by atoms with van der Waals surface area (Å²) in [4.78, 5) is 16.7. The van der Waals surface area contributed by atoms with E-state index in [1.165, 1.54) is 23.9 Å². The number of anilines is 1. The molecule has 138 valence electrons. The highest BCUT2D eigenvalue weighted by molar-refractivity contribution is 5.91. The highest BCUT2D eigenvalue weighted by Gasteiger charge is 2.05. The fraction of sp³-hybridized carbons (Fsp3) is 0.263. The van der Waals surface area contributed by atoms with Gasteiger partial charge in [0.2, 0.25) is 0 Å². The Morgan fingerprint density at radius 2 is 1.77 bits per heavy atom. The SMILES string of the molecule is CC(C)c1ccc(NC(=O)CO/N=C/c2ccc(OC(F)F)cc2)cc1. The second kappa shape index (κ2) is 9.50. The van der Waals surface area contributed by atoms with E-state index < -0.39 is 6.61 Å². The van der Waals surface area contributed by atoms with Crippen LogP contribution in [0.1, 0.15) is 30.9 Å². The summed E-state index contributed by atoms with van der Waals surface area (Å²) in [5.74, 6) is 0.148.